The maximum Gasteiger partial charge on any atom is 0.410 e. The smallest absolute Gasteiger partial charge is 0.410 e. The number of hydrogen-bond acceptors (Lipinski definition) is 5. The van der Waals surface area contributed by atoms with E-state index in [2.05, 4.69) is 0 Å². The summed E-state index contributed by atoms with van der Waals surface area (Å²) in [5.74, 6) is -1.28. The second-order valence-corrected chi connectivity index (χ2v) is 9.97. The van der Waals surface area contributed by atoms with Crippen molar-refractivity contribution in [2.24, 2.45) is 11.8 Å². The lowest BCUT2D eigenvalue weighted by Gasteiger charge is -2.33. The highest BCUT2D eigenvalue weighted by atomic mass is 16.6. The van der Waals surface area contributed by atoms with Crippen LogP contribution in [0.2, 0.25) is 0 Å². The van der Waals surface area contributed by atoms with Crippen molar-refractivity contribution in [1.29, 1.82) is 0 Å². The molecule has 1 aromatic rings. The van der Waals surface area contributed by atoms with Gasteiger partial charge in [-0.15, -0.1) is 0 Å². The molecule has 0 unspecified atom stereocenters. The van der Waals surface area contributed by atoms with E-state index in [1.807, 2.05) is 47.6 Å². The van der Waals surface area contributed by atoms with E-state index in [-0.39, 0.29) is 23.5 Å². The lowest BCUT2D eigenvalue weighted by molar-refractivity contribution is -0.199. The molecule has 168 valence electrons. The normalized spacial score (nSPS) is 19.4. The average molecular weight is 422 g/mol. The summed E-state index contributed by atoms with van der Waals surface area (Å²) in [5, 5.41) is 20.2. The molecule has 0 aromatic heterocycles. The fourth-order valence-corrected chi connectivity index (χ4v) is 3.68. The van der Waals surface area contributed by atoms with Crippen LogP contribution in [0, 0.1) is 11.8 Å². The Bertz CT molecular complexity index is 749. The SMILES string of the molecule is CC(C)(C)OC(=O)N1CC[C@H]([C@H](Cc2cccc(C(=O)O)c2)[C@@H](O)OC(C)(C)C)C1. The number of carboxylic acids is 1. The molecule has 1 saturated heterocycles. The van der Waals surface area contributed by atoms with E-state index in [4.69, 9.17) is 9.47 Å². The van der Waals surface area contributed by atoms with Crippen molar-refractivity contribution in [1.82, 2.24) is 4.90 Å². The van der Waals surface area contributed by atoms with Gasteiger partial charge in [-0.2, -0.15) is 0 Å². The second-order valence-electron chi connectivity index (χ2n) is 9.97. The van der Waals surface area contributed by atoms with Crippen LogP contribution in [-0.4, -0.2) is 57.8 Å². The molecule has 30 heavy (non-hydrogen) atoms. The highest BCUT2D eigenvalue weighted by Crippen LogP contribution is 2.32. The van der Waals surface area contributed by atoms with Crippen molar-refractivity contribution in [3.05, 3.63) is 35.4 Å². The van der Waals surface area contributed by atoms with Crippen molar-refractivity contribution >= 4 is 12.1 Å². The van der Waals surface area contributed by atoms with Crippen LogP contribution in [-0.2, 0) is 15.9 Å². The quantitative estimate of drug-likeness (QED) is 0.676. The van der Waals surface area contributed by atoms with Gasteiger partial charge in [-0.1, -0.05) is 12.1 Å². The molecule has 0 bridgehead atoms. The number of rotatable bonds is 6. The number of likely N-dealkylation sites (tertiary alicyclic amines) is 1. The minimum Gasteiger partial charge on any atom is -0.478 e. The molecular weight excluding hydrogens is 386 g/mol. The maximum absolute atomic E-state index is 12.5. The van der Waals surface area contributed by atoms with Gasteiger partial charge in [0.05, 0.1) is 11.2 Å². The van der Waals surface area contributed by atoms with Crippen LogP contribution in [0.25, 0.3) is 0 Å². The average Bonchev–Trinajstić information content (AvgIpc) is 3.06. The van der Waals surface area contributed by atoms with Crippen LogP contribution in [0.4, 0.5) is 4.79 Å². The summed E-state index contributed by atoms with van der Waals surface area (Å²) in [5.41, 5.74) is -0.0865. The zero-order chi connectivity index (χ0) is 22.7. The Hall–Kier alpha value is -2.12. The van der Waals surface area contributed by atoms with E-state index in [0.717, 1.165) is 5.56 Å². The van der Waals surface area contributed by atoms with Crippen LogP contribution in [0.1, 0.15) is 63.9 Å². The molecular formula is C23H35NO6. The first-order chi connectivity index (χ1) is 13.7. The number of carboxylic acid groups (broad SMARTS) is 1. The third-order valence-corrected chi connectivity index (χ3v) is 4.97. The largest absolute Gasteiger partial charge is 0.478 e. The van der Waals surface area contributed by atoms with E-state index in [0.29, 0.717) is 25.9 Å². The summed E-state index contributed by atoms with van der Waals surface area (Å²) in [6, 6.07) is 6.72. The molecule has 0 saturated carbocycles. The Morgan fingerprint density at radius 3 is 2.40 bits per heavy atom. The number of aliphatic hydroxyl groups excluding tert-OH is 1. The lowest BCUT2D eigenvalue weighted by atomic mass is 9.85. The first-order valence-electron chi connectivity index (χ1n) is 10.4. The van der Waals surface area contributed by atoms with Crippen molar-refractivity contribution in [3.8, 4) is 0 Å². The number of hydrogen-bond donors (Lipinski definition) is 2. The molecule has 0 radical (unpaired) electrons. The van der Waals surface area contributed by atoms with Gasteiger partial charge in [0.2, 0.25) is 0 Å². The van der Waals surface area contributed by atoms with Gasteiger partial charge in [-0.05, 0) is 78.0 Å². The van der Waals surface area contributed by atoms with Crippen molar-refractivity contribution < 1.29 is 29.3 Å². The Labute approximate surface area is 179 Å². The summed E-state index contributed by atoms with van der Waals surface area (Å²) in [6.45, 7) is 12.1. The van der Waals surface area contributed by atoms with E-state index < -0.39 is 23.5 Å². The van der Waals surface area contributed by atoms with Crippen LogP contribution >= 0.6 is 0 Å². The zero-order valence-corrected chi connectivity index (χ0v) is 18.8. The monoisotopic (exact) mass is 421 g/mol. The first-order valence-corrected chi connectivity index (χ1v) is 10.4. The fraction of sp³-hybridized carbons (Fsp3) is 0.652. The maximum atomic E-state index is 12.5. The third-order valence-electron chi connectivity index (χ3n) is 4.97. The molecule has 0 spiro atoms. The van der Waals surface area contributed by atoms with Crippen LogP contribution in [0.3, 0.4) is 0 Å². The van der Waals surface area contributed by atoms with Crippen molar-refractivity contribution in [3.63, 3.8) is 0 Å². The molecule has 1 fully saturated rings. The number of benzene rings is 1. The fourth-order valence-electron chi connectivity index (χ4n) is 3.68. The van der Waals surface area contributed by atoms with Gasteiger partial charge in [0.15, 0.2) is 6.29 Å². The number of carbonyl (C=O) groups is 2. The van der Waals surface area contributed by atoms with Gasteiger partial charge in [-0.25, -0.2) is 9.59 Å². The summed E-state index contributed by atoms with van der Waals surface area (Å²) >= 11 is 0. The molecule has 2 rings (SSSR count). The predicted molar refractivity (Wildman–Crippen MR) is 113 cm³/mol. The molecule has 7 heteroatoms. The summed E-state index contributed by atoms with van der Waals surface area (Å²) in [4.78, 5) is 25.4. The van der Waals surface area contributed by atoms with E-state index in [1.54, 1.807) is 23.1 Å². The van der Waals surface area contributed by atoms with Crippen LogP contribution in [0.5, 0.6) is 0 Å². The number of aromatic carboxylic acids is 1. The number of carbonyl (C=O) groups excluding carboxylic acids is 1. The number of amides is 1. The van der Waals surface area contributed by atoms with Crippen LogP contribution in [0.15, 0.2) is 24.3 Å². The topological polar surface area (TPSA) is 96.3 Å². The van der Waals surface area contributed by atoms with Gasteiger partial charge in [-0.3, -0.25) is 0 Å². The zero-order valence-electron chi connectivity index (χ0n) is 18.8. The van der Waals surface area contributed by atoms with Gasteiger partial charge in [0.25, 0.3) is 0 Å². The lowest BCUT2D eigenvalue weighted by Crippen LogP contribution is -2.40. The molecule has 2 N–H and O–H groups in total. The number of aliphatic hydroxyl groups is 1. The predicted octanol–water partition coefficient (Wildman–Crippen LogP) is 3.93. The number of nitrogens with zero attached hydrogens (tertiary/aromatic N) is 1. The standard InChI is InChI=1S/C23H35NO6/c1-22(2,3)29-20(27)18(13-15-8-7-9-16(12-15)19(25)26)17-10-11-24(14-17)21(28)30-23(4,5)6/h7-9,12,17-18,20,27H,10-11,13-14H2,1-6H3,(H,25,26)/t17-,18-,20-/m0/s1. The van der Waals surface area contributed by atoms with Crippen molar-refractivity contribution in [2.45, 2.75) is 71.9 Å². The minimum atomic E-state index is -1.04. The van der Waals surface area contributed by atoms with Gasteiger partial charge >= 0.3 is 12.1 Å². The third kappa shape index (κ3) is 7.29. The summed E-state index contributed by atoms with van der Waals surface area (Å²) < 4.78 is 11.3. The molecule has 1 aliphatic heterocycles. The number of ether oxygens (including phenoxy) is 2. The van der Waals surface area contributed by atoms with Gasteiger partial charge in [0.1, 0.15) is 5.60 Å². The Balaban J connectivity index is 2.19. The van der Waals surface area contributed by atoms with Gasteiger partial charge < -0.3 is 24.6 Å². The molecule has 1 aliphatic rings. The Morgan fingerprint density at radius 1 is 1.17 bits per heavy atom. The second kappa shape index (κ2) is 9.35. The molecule has 3 atom stereocenters. The minimum absolute atomic E-state index is 0.00310. The highest BCUT2D eigenvalue weighted by molar-refractivity contribution is 5.87. The molecule has 1 heterocycles. The molecule has 1 aromatic carbocycles. The summed E-state index contributed by atoms with van der Waals surface area (Å²) in [7, 11) is 0. The molecule has 7 nitrogen and oxygen atoms in total. The van der Waals surface area contributed by atoms with Crippen LogP contribution < -0.4 is 0 Å². The summed E-state index contributed by atoms with van der Waals surface area (Å²) in [6.07, 6.45) is -0.233. The van der Waals surface area contributed by atoms with E-state index in [9.17, 15) is 19.8 Å². The van der Waals surface area contributed by atoms with E-state index in [1.165, 1.54) is 0 Å². The first kappa shape index (κ1) is 24.2. The van der Waals surface area contributed by atoms with E-state index >= 15 is 0 Å². The molecule has 1 amide bonds. The van der Waals surface area contributed by atoms with Gasteiger partial charge in [0, 0.05) is 19.0 Å². The Kier molecular flexibility index (Phi) is 7.53. The molecule has 0 aliphatic carbocycles. The Morgan fingerprint density at radius 2 is 1.83 bits per heavy atom. The highest BCUT2D eigenvalue weighted by Gasteiger charge is 2.38. The van der Waals surface area contributed by atoms with Crippen molar-refractivity contribution in [2.75, 3.05) is 13.1 Å².